The lowest BCUT2D eigenvalue weighted by Gasteiger charge is -2.25. The quantitative estimate of drug-likeness (QED) is 0.845. The van der Waals surface area contributed by atoms with Crippen LogP contribution in [0.2, 0.25) is 0 Å². The molecule has 0 saturated carbocycles. The molecule has 0 spiro atoms. The summed E-state index contributed by atoms with van der Waals surface area (Å²) in [7, 11) is 0. The van der Waals surface area contributed by atoms with E-state index in [4.69, 9.17) is 9.84 Å². The third-order valence-electron chi connectivity index (χ3n) is 2.45. The number of ether oxygens (including phenoxy) is 1. The van der Waals surface area contributed by atoms with Crippen LogP contribution in [0.1, 0.15) is 31.1 Å². The highest BCUT2D eigenvalue weighted by molar-refractivity contribution is 9.10. The SMILES string of the molecule is CCOC(C)(C)CNc1ccc(C(=O)O)c(Br)c1. The summed E-state index contributed by atoms with van der Waals surface area (Å²) < 4.78 is 6.14. The molecule has 5 heteroatoms. The lowest BCUT2D eigenvalue weighted by atomic mass is 10.1. The Morgan fingerprint density at radius 1 is 1.50 bits per heavy atom. The Morgan fingerprint density at radius 3 is 2.67 bits per heavy atom. The van der Waals surface area contributed by atoms with Gasteiger partial charge in [0.25, 0.3) is 0 Å². The van der Waals surface area contributed by atoms with Gasteiger partial charge in [0.1, 0.15) is 0 Å². The smallest absolute Gasteiger partial charge is 0.336 e. The summed E-state index contributed by atoms with van der Waals surface area (Å²) in [6.45, 7) is 7.28. The van der Waals surface area contributed by atoms with Gasteiger partial charge in [-0.2, -0.15) is 0 Å². The number of hydrogen-bond acceptors (Lipinski definition) is 3. The number of nitrogens with one attached hydrogen (secondary N) is 1. The maximum atomic E-state index is 10.9. The van der Waals surface area contributed by atoms with Crippen molar-refractivity contribution in [1.29, 1.82) is 0 Å². The maximum Gasteiger partial charge on any atom is 0.336 e. The largest absolute Gasteiger partial charge is 0.478 e. The first kappa shape index (κ1) is 15.0. The second-order valence-corrected chi connectivity index (χ2v) is 5.40. The number of aromatic carboxylic acids is 1. The lowest BCUT2D eigenvalue weighted by molar-refractivity contribution is 0.000690. The molecular formula is C13H18BrNO3. The molecule has 1 aromatic rings. The molecule has 0 radical (unpaired) electrons. The van der Waals surface area contributed by atoms with E-state index >= 15 is 0 Å². The van der Waals surface area contributed by atoms with Crippen LogP contribution in [-0.4, -0.2) is 29.8 Å². The number of rotatable bonds is 6. The molecule has 0 heterocycles. The van der Waals surface area contributed by atoms with Gasteiger partial charge in [-0.3, -0.25) is 0 Å². The Bertz CT molecular complexity index is 432. The average molecular weight is 316 g/mol. The fraction of sp³-hybridized carbons (Fsp3) is 0.462. The first-order valence-corrected chi connectivity index (χ1v) is 6.55. The van der Waals surface area contributed by atoms with Crippen molar-refractivity contribution < 1.29 is 14.6 Å². The topological polar surface area (TPSA) is 58.6 Å². The van der Waals surface area contributed by atoms with E-state index in [0.717, 1.165) is 5.69 Å². The predicted octanol–water partition coefficient (Wildman–Crippen LogP) is 3.37. The summed E-state index contributed by atoms with van der Waals surface area (Å²) in [6.07, 6.45) is 0. The molecule has 100 valence electrons. The summed E-state index contributed by atoms with van der Waals surface area (Å²) >= 11 is 3.25. The minimum absolute atomic E-state index is 0.254. The van der Waals surface area contributed by atoms with Crippen LogP contribution in [0.25, 0.3) is 0 Å². The Morgan fingerprint density at radius 2 is 2.17 bits per heavy atom. The van der Waals surface area contributed by atoms with Gasteiger partial charge in [0.05, 0.1) is 11.2 Å². The van der Waals surface area contributed by atoms with Gasteiger partial charge in [-0.05, 0) is 54.9 Å². The van der Waals surface area contributed by atoms with Crippen LogP contribution < -0.4 is 5.32 Å². The summed E-state index contributed by atoms with van der Waals surface area (Å²) in [4.78, 5) is 10.9. The molecule has 0 aliphatic carbocycles. The number of carboxylic acids is 1. The van der Waals surface area contributed by atoms with Crippen LogP contribution in [0.5, 0.6) is 0 Å². The molecule has 4 nitrogen and oxygen atoms in total. The second kappa shape index (κ2) is 6.20. The van der Waals surface area contributed by atoms with E-state index in [0.29, 0.717) is 17.6 Å². The zero-order valence-corrected chi connectivity index (χ0v) is 12.4. The first-order valence-electron chi connectivity index (χ1n) is 5.76. The molecule has 0 aromatic heterocycles. The third kappa shape index (κ3) is 4.31. The van der Waals surface area contributed by atoms with Gasteiger partial charge in [-0.1, -0.05) is 0 Å². The van der Waals surface area contributed by atoms with Crippen molar-refractivity contribution in [2.45, 2.75) is 26.4 Å². The summed E-state index contributed by atoms with van der Waals surface area (Å²) in [5.74, 6) is -0.942. The lowest BCUT2D eigenvalue weighted by Crippen LogP contribution is -2.33. The van der Waals surface area contributed by atoms with Gasteiger partial charge in [0.15, 0.2) is 0 Å². The predicted molar refractivity (Wildman–Crippen MR) is 75.3 cm³/mol. The van der Waals surface area contributed by atoms with E-state index < -0.39 is 5.97 Å². The molecule has 0 atom stereocenters. The van der Waals surface area contributed by atoms with Crippen LogP contribution in [-0.2, 0) is 4.74 Å². The minimum Gasteiger partial charge on any atom is -0.478 e. The number of anilines is 1. The van der Waals surface area contributed by atoms with Crippen molar-refractivity contribution in [2.75, 3.05) is 18.5 Å². The monoisotopic (exact) mass is 315 g/mol. The Labute approximate surface area is 115 Å². The van der Waals surface area contributed by atoms with Crippen LogP contribution >= 0.6 is 15.9 Å². The van der Waals surface area contributed by atoms with Crippen LogP contribution in [0, 0.1) is 0 Å². The molecule has 1 rings (SSSR count). The van der Waals surface area contributed by atoms with E-state index in [1.807, 2.05) is 20.8 Å². The Kier molecular flexibility index (Phi) is 5.16. The number of hydrogen-bond donors (Lipinski definition) is 2. The van der Waals surface area contributed by atoms with E-state index in [-0.39, 0.29) is 11.2 Å². The van der Waals surface area contributed by atoms with Crippen molar-refractivity contribution in [3.05, 3.63) is 28.2 Å². The molecule has 1 aromatic carbocycles. The van der Waals surface area contributed by atoms with Crippen LogP contribution in [0.3, 0.4) is 0 Å². The van der Waals surface area contributed by atoms with Crippen molar-refractivity contribution in [2.24, 2.45) is 0 Å². The van der Waals surface area contributed by atoms with Crippen LogP contribution in [0.4, 0.5) is 5.69 Å². The van der Waals surface area contributed by atoms with Gasteiger partial charge >= 0.3 is 5.97 Å². The molecule has 0 unspecified atom stereocenters. The summed E-state index contributed by atoms with van der Waals surface area (Å²) in [5, 5.41) is 12.1. The van der Waals surface area contributed by atoms with Crippen molar-refractivity contribution >= 4 is 27.6 Å². The van der Waals surface area contributed by atoms with E-state index in [1.54, 1.807) is 18.2 Å². The summed E-state index contributed by atoms with van der Waals surface area (Å²) in [5.41, 5.74) is 0.858. The first-order chi connectivity index (χ1) is 8.35. The van der Waals surface area contributed by atoms with Gasteiger partial charge in [0, 0.05) is 23.3 Å². The highest BCUT2D eigenvalue weighted by atomic mass is 79.9. The highest BCUT2D eigenvalue weighted by Crippen LogP contribution is 2.22. The molecule has 0 saturated heterocycles. The third-order valence-corrected chi connectivity index (χ3v) is 3.11. The fourth-order valence-corrected chi connectivity index (χ4v) is 2.10. The fourth-order valence-electron chi connectivity index (χ4n) is 1.56. The molecular weight excluding hydrogens is 298 g/mol. The van der Waals surface area contributed by atoms with Crippen molar-refractivity contribution in [3.63, 3.8) is 0 Å². The van der Waals surface area contributed by atoms with E-state index in [2.05, 4.69) is 21.2 Å². The zero-order chi connectivity index (χ0) is 13.8. The van der Waals surface area contributed by atoms with E-state index in [1.165, 1.54) is 0 Å². The Balaban J connectivity index is 2.70. The highest BCUT2D eigenvalue weighted by Gasteiger charge is 2.17. The van der Waals surface area contributed by atoms with E-state index in [9.17, 15) is 4.79 Å². The van der Waals surface area contributed by atoms with Gasteiger partial charge in [-0.15, -0.1) is 0 Å². The zero-order valence-electron chi connectivity index (χ0n) is 10.8. The van der Waals surface area contributed by atoms with Crippen LogP contribution in [0.15, 0.2) is 22.7 Å². The molecule has 2 N–H and O–H groups in total. The maximum absolute atomic E-state index is 10.9. The second-order valence-electron chi connectivity index (χ2n) is 4.55. The van der Waals surface area contributed by atoms with Crippen molar-refractivity contribution in [1.82, 2.24) is 0 Å². The van der Waals surface area contributed by atoms with Gasteiger partial charge in [-0.25, -0.2) is 4.79 Å². The molecule has 0 fully saturated rings. The molecule has 0 bridgehead atoms. The number of halogens is 1. The van der Waals surface area contributed by atoms with Gasteiger partial charge < -0.3 is 15.2 Å². The number of benzene rings is 1. The Hall–Kier alpha value is -1.07. The minimum atomic E-state index is -0.942. The molecule has 18 heavy (non-hydrogen) atoms. The number of carboxylic acid groups (broad SMARTS) is 1. The number of carbonyl (C=O) groups is 1. The average Bonchev–Trinajstić information content (AvgIpc) is 2.26. The standard InChI is InChI=1S/C13H18BrNO3/c1-4-18-13(2,3)8-15-9-5-6-10(12(16)17)11(14)7-9/h5-7,15H,4,8H2,1-3H3,(H,16,17). The van der Waals surface area contributed by atoms with Crippen molar-refractivity contribution in [3.8, 4) is 0 Å². The molecule has 0 amide bonds. The summed E-state index contributed by atoms with van der Waals surface area (Å²) in [6, 6.07) is 5.07. The molecule has 0 aliphatic heterocycles. The van der Waals surface area contributed by atoms with Gasteiger partial charge in [0.2, 0.25) is 0 Å². The normalized spacial score (nSPS) is 11.3. The molecule has 0 aliphatic rings.